The zero-order chi connectivity index (χ0) is 19.9. The molecule has 148 valence electrons. The van der Waals surface area contributed by atoms with Crippen molar-refractivity contribution in [3.8, 4) is 17.4 Å². The van der Waals surface area contributed by atoms with Crippen molar-refractivity contribution in [2.24, 2.45) is 0 Å². The Morgan fingerprint density at radius 3 is 2.71 bits per heavy atom. The summed E-state index contributed by atoms with van der Waals surface area (Å²) < 4.78 is 29.5. The van der Waals surface area contributed by atoms with Gasteiger partial charge in [-0.25, -0.2) is 9.37 Å². The van der Waals surface area contributed by atoms with Gasteiger partial charge in [0.05, 0.1) is 13.3 Å². The lowest BCUT2D eigenvalue weighted by molar-refractivity contribution is -0.118. The highest BCUT2D eigenvalue weighted by Gasteiger charge is 2.07. The van der Waals surface area contributed by atoms with E-state index in [0.29, 0.717) is 24.7 Å². The van der Waals surface area contributed by atoms with Crippen LogP contribution in [0.3, 0.4) is 0 Å². The molecule has 3 aromatic rings. The number of hydrogen-bond donors (Lipinski definition) is 2. The number of fused-ring (bicyclic) bond motifs is 1. The Kier molecular flexibility index (Phi) is 6.31. The molecule has 0 spiro atoms. The van der Waals surface area contributed by atoms with E-state index in [4.69, 9.17) is 14.2 Å². The van der Waals surface area contributed by atoms with Gasteiger partial charge in [-0.3, -0.25) is 4.79 Å². The fourth-order valence-electron chi connectivity index (χ4n) is 2.78. The maximum absolute atomic E-state index is 13.6. The molecule has 2 heterocycles. The van der Waals surface area contributed by atoms with Crippen molar-refractivity contribution in [2.75, 3.05) is 26.9 Å². The molecule has 0 fully saturated rings. The fourth-order valence-corrected chi connectivity index (χ4v) is 2.78. The van der Waals surface area contributed by atoms with Gasteiger partial charge >= 0.3 is 0 Å². The molecule has 0 atom stereocenters. The number of hydrogen-bond acceptors (Lipinski definition) is 5. The summed E-state index contributed by atoms with van der Waals surface area (Å²) in [7, 11) is 1.35. The lowest BCUT2D eigenvalue weighted by Crippen LogP contribution is -2.22. The van der Waals surface area contributed by atoms with Gasteiger partial charge < -0.3 is 24.5 Å². The third-order valence-electron chi connectivity index (χ3n) is 4.10. The molecule has 28 heavy (non-hydrogen) atoms. The molecule has 8 heteroatoms. The lowest BCUT2D eigenvalue weighted by atomic mass is 10.1. The van der Waals surface area contributed by atoms with E-state index in [2.05, 4.69) is 15.3 Å². The Morgan fingerprint density at radius 1 is 1.21 bits per heavy atom. The van der Waals surface area contributed by atoms with Crippen LogP contribution in [0.2, 0.25) is 0 Å². The third kappa shape index (κ3) is 4.91. The van der Waals surface area contributed by atoms with Gasteiger partial charge in [0.15, 0.2) is 5.82 Å². The summed E-state index contributed by atoms with van der Waals surface area (Å²) in [5.74, 6) is 0.317. The number of nitrogens with zero attached hydrogens (tertiary/aromatic N) is 1. The minimum Gasteiger partial charge on any atom is -0.490 e. The number of ether oxygens (including phenoxy) is 3. The van der Waals surface area contributed by atoms with Crippen molar-refractivity contribution in [3.63, 3.8) is 0 Å². The molecule has 2 N–H and O–H groups in total. The lowest BCUT2D eigenvalue weighted by Gasteiger charge is -2.09. The van der Waals surface area contributed by atoms with Gasteiger partial charge in [-0.15, -0.1) is 0 Å². The van der Waals surface area contributed by atoms with Crippen LogP contribution in [0.5, 0.6) is 17.4 Å². The number of methoxy groups -OCH3 is 1. The number of carbonyl (C=O) groups excluding carboxylic acids is 1. The van der Waals surface area contributed by atoms with E-state index in [1.165, 1.54) is 26.3 Å². The molecule has 1 amide bonds. The second-order valence-corrected chi connectivity index (χ2v) is 6.11. The van der Waals surface area contributed by atoms with E-state index in [1.807, 2.05) is 24.4 Å². The monoisotopic (exact) mass is 387 g/mol. The van der Waals surface area contributed by atoms with Crippen molar-refractivity contribution in [3.05, 3.63) is 48.0 Å². The predicted octanol–water partition coefficient (Wildman–Crippen LogP) is 2.85. The number of halogens is 1. The molecule has 0 saturated heterocycles. The van der Waals surface area contributed by atoms with E-state index in [1.54, 1.807) is 0 Å². The molecule has 0 saturated carbocycles. The SMILES string of the molecule is COc1ncc(OCCOc2ccc3[nH]cc(CCNC(C)=O)c3c2)cc1F. The summed E-state index contributed by atoms with van der Waals surface area (Å²) in [5.41, 5.74) is 2.10. The molecule has 0 radical (unpaired) electrons. The first-order chi connectivity index (χ1) is 13.6. The Balaban J connectivity index is 1.54. The highest BCUT2D eigenvalue weighted by molar-refractivity contribution is 5.84. The summed E-state index contributed by atoms with van der Waals surface area (Å²) in [6.45, 7) is 2.62. The van der Waals surface area contributed by atoms with Crippen LogP contribution in [0.4, 0.5) is 4.39 Å². The molecule has 7 nitrogen and oxygen atoms in total. The van der Waals surface area contributed by atoms with Gasteiger partial charge in [-0.1, -0.05) is 0 Å². The summed E-state index contributed by atoms with van der Waals surface area (Å²) >= 11 is 0. The van der Waals surface area contributed by atoms with Crippen LogP contribution in [-0.4, -0.2) is 42.7 Å². The minimum atomic E-state index is -0.578. The number of H-pyrrole nitrogens is 1. The van der Waals surface area contributed by atoms with Gasteiger partial charge in [0, 0.05) is 36.6 Å². The molecule has 3 rings (SSSR count). The van der Waals surface area contributed by atoms with E-state index in [0.717, 1.165) is 22.9 Å². The van der Waals surface area contributed by atoms with Crippen LogP contribution in [0.25, 0.3) is 10.9 Å². The second kappa shape index (κ2) is 9.07. The molecule has 0 unspecified atom stereocenters. The Labute approximate surface area is 161 Å². The van der Waals surface area contributed by atoms with Gasteiger partial charge in [0.1, 0.15) is 24.7 Å². The first kappa shape index (κ1) is 19.5. The van der Waals surface area contributed by atoms with Crippen molar-refractivity contribution in [1.29, 1.82) is 0 Å². The normalized spacial score (nSPS) is 10.7. The van der Waals surface area contributed by atoms with Gasteiger partial charge in [0.2, 0.25) is 11.8 Å². The second-order valence-electron chi connectivity index (χ2n) is 6.11. The summed E-state index contributed by atoms with van der Waals surface area (Å²) in [6, 6.07) is 6.98. The number of rotatable bonds is 9. The molecule has 2 aromatic heterocycles. The molecule has 0 aliphatic rings. The topological polar surface area (TPSA) is 85.5 Å². The van der Waals surface area contributed by atoms with Crippen molar-refractivity contribution in [1.82, 2.24) is 15.3 Å². The van der Waals surface area contributed by atoms with Gasteiger partial charge in [-0.2, -0.15) is 0 Å². The number of aromatic nitrogens is 2. The molecule has 1 aromatic carbocycles. The number of carbonyl (C=O) groups is 1. The molecule has 0 bridgehead atoms. The first-order valence-electron chi connectivity index (χ1n) is 8.86. The third-order valence-corrected chi connectivity index (χ3v) is 4.10. The Hall–Kier alpha value is -3.29. The quantitative estimate of drug-likeness (QED) is 0.552. The maximum atomic E-state index is 13.6. The van der Waals surface area contributed by atoms with Crippen LogP contribution >= 0.6 is 0 Å². The predicted molar refractivity (Wildman–Crippen MR) is 102 cm³/mol. The summed E-state index contributed by atoms with van der Waals surface area (Å²) in [5, 5.41) is 3.84. The number of aromatic amines is 1. The van der Waals surface area contributed by atoms with Crippen LogP contribution in [0, 0.1) is 5.82 Å². The van der Waals surface area contributed by atoms with Crippen LogP contribution < -0.4 is 19.5 Å². The maximum Gasteiger partial charge on any atom is 0.250 e. The Morgan fingerprint density at radius 2 is 2.00 bits per heavy atom. The molecule has 0 aliphatic heterocycles. The minimum absolute atomic E-state index is 0.0456. The zero-order valence-corrected chi connectivity index (χ0v) is 15.8. The average Bonchev–Trinajstić information content (AvgIpc) is 3.07. The standard InChI is InChI=1S/C20H22FN3O4/c1-13(25)22-6-5-14-11-23-19-4-3-15(9-17(14)19)27-7-8-28-16-10-18(21)20(26-2)24-12-16/h3-4,9-12,23H,5-8H2,1-2H3,(H,22,25). The van der Waals surface area contributed by atoms with E-state index in [-0.39, 0.29) is 18.4 Å². The molecule has 0 aliphatic carbocycles. The van der Waals surface area contributed by atoms with Crippen LogP contribution in [-0.2, 0) is 11.2 Å². The number of nitrogens with one attached hydrogen (secondary N) is 2. The Bertz CT molecular complexity index is 958. The average molecular weight is 387 g/mol. The number of pyridine rings is 1. The highest BCUT2D eigenvalue weighted by Crippen LogP contribution is 2.24. The number of benzene rings is 1. The molecular weight excluding hydrogens is 365 g/mol. The molecular formula is C20H22FN3O4. The summed E-state index contributed by atoms with van der Waals surface area (Å²) in [6.07, 6.45) is 4.06. The zero-order valence-electron chi connectivity index (χ0n) is 15.8. The summed E-state index contributed by atoms with van der Waals surface area (Å²) in [4.78, 5) is 18.0. The van der Waals surface area contributed by atoms with Crippen LogP contribution in [0.1, 0.15) is 12.5 Å². The van der Waals surface area contributed by atoms with Crippen LogP contribution in [0.15, 0.2) is 36.7 Å². The van der Waals surface area contributed by atoms with Crippen molar-refractivity contribution in [2.45, 2.75) is 13.3 Å². The smallest absolute Gasteiger partial charge is 0.250 e. The largest absolute Gasteiger partial charge is 0.490 e. The van der Waals surface area contributed by atoms with Gasteiger partial charge in [-0.05, 0) is 30.2 Å². The van der Waals surface area contributed by atoms with E-state index >= 15 is 0 Å². The van der Waals surface area contributed by atoms with Gasteiger partial charge in [0.25, 0.3) is 0 Å². The first-order valence-corrected chi connectivity index (χ1v) is 8.86. The number of amides is 1. The van der Waals surface area contributed by atoms with E-state index in [9.17, 15) is 9.18 Å². The van der Waals surface area contributed by atoms with E-state index < -0.39 is 5.82 Å². The highest BCUT2D eigenvalue weighted by atomic mass is 19.1. The fraction of sp³-hybridized carbons (Fsp3) is 0.300. The van der Waals surface area contributed by atoms with Crippen molar-refractivity contribution < 1.29 is 23.4 Å². The van der Waals surface area contributed by atoms with Crippen molar-refractivity contribution >= 4 is 16.8 Å².